The second-order valence-electron chi connectivity index (χ2n) is 15.0. The van der Waals surface area contributed by atoms with Crippen molar-refractivity contribution in [3.8, 4) is 0 Å². The Morgan fingerprint density at radius 2 is 1.33 bits per heavy atom. The van der Waals surface area contributed by atoms with Crippen LogP contribution in [0.4, 0.5) is 0 Å². The summed E-state index contributed by atoms with van der Waals surface area (Å²) in [5.74, 6) is -2.85. The molecule has 0 spiro atoms. The zero-order chi connectivity index (χ0) is 39.2. The molecule has 0 unspecified atom stereocenters. The number of nitrogens with two attached hydrogens (primary N) is 1. The van der Waals surface area contributed by atoms with Crippen LogP contribution in [0.5, 0.6) is 0 Å². The van der Waals surface area contributed by atoms with Gasteiger partial charge in [-0.15, -0.1) is 0 Å². The minimum absolute atomic E-state index is 0.00301. The molecule has 0 bridgehead atoms. The van der Waals surface area contributed by atoms with E-state index in [2.05, 4.69) is 36.9 Å². The molecular formula is C40H56N8O6. The molecule has 0 aliphatic carbocycles. The number of nitrogens with one attached hydrogen (secondary N) is 7. The Bertz CT molecular complexity index is 1740. The molecule has 5 atom stereocenters. The first kappa shape index (κ1) is 41.5. The summed E-state index contributed by atoms with van der Waals surface area (Å²) in [5.41, 5.74) is 7.86. The maximum Gasteiger partial charge on any atom is 0.243 e. The van der Waals surface area contributed by atoms with Crippen LogP contribution in [0.3, 0.4) is 0 Å². The van der Waals surface area contributed by atoms with Gasteiger partial charge in [-0.2, -0.15) is 0 Å². The topological polar surface area (TPSA) is 216 Å². The lowest BCUT2D eigenvalue weighted by Gasteiger charge is -2.28. The van der Waals surface area contributed by atoms with Crippen molar-refractivity contribution in [2.24, 2.45) is 17.6 Å². The SMILES string of the molecule is CC(C)C[C@H]1CN[C@@H](CC(C)C)C(=O)N[C@@H](CCC(N)=O)C(=O)N[C@@H](Cc2c[nH]c3ccccc23)C(=O)N[C@@H](Cc2ccccc2)C(=O)NCCC(=O)N1. The maximum absolute atomic E-state index is 14.2. The van der Waals surface area contributed by atoms with Crippen LogP contribution in [0.25, 0.3) is 10.9 Å². The van der Waals surface area contributed by atoms with Gasteiger partial charge < -0.3 is 42.6 Å². The fraction of sp³-hybridized carbons (Fsp3) is 0.500. The lowest BCUT2D eigenvalue weighted by atomic mass is 9.99. The molecule has 2 heterocycles. The molecule has 14 nitrogen and oxygen atoms in total. The lowest BCUT2D eigenvalue weighted by Crippen LogP contribution is -2.59. The standard InChI is InChI=1S/C40H56N8O6/c1-24(2)18-28-23-44-32(19-25(3)4)39(53)46-31(14-15-35(41)49)38(52)48-34(21-27-22-43-30-13-9-8-12-29(27)30)40(54)47-33(20-26-10-6-5-7-11-26)37(51)42-17-16-36(50)45-28/h5-13,22,24-25,28,31-34,43-44H,14-21,23H2,1-4H3,(H2,41,49)(H,42,51)(H,45,50)(H,46,53)(H,47,54)(H,48,52)/t28-,31-,32-,33-,34-/m0/s1. The fourth-order valence-electron chi connectivity index (χ4n) is 6.68. The van der Waals surface area contributed by atoms with E-state index >= 15 is 0 Å². The Morgan fingerprint density at radius 1 is 0.722 bits per heavy atom. The maximum atomic E-state index is 14.2. The number of carbonyl (C=O) groups is 6. The van der Waals surface area contributed by atoms with E-state index in [4.69, 9.17) is 5.73 Å². The van der Waals surface area contributed by atoms with E-state index in [1.165, 1.54) is 0 Å². The number of carbonyl (C=O) groups excluding carboxylic acids is 6. The zero-order valence-electron chi connectivity index (χ0n) is 31.7. The first-order chi connectivity index (χ1) is 25.8. The average molecular weight is 745 g/mol. The van der Waals surface area contributed by atoms with Gasteiger partial charge in [0.2, 0.25) is 35.4 Å². The van der Waals surface area contributed by atoms with Gasteiger partial charge in [-0.3, -0.25) is 28.8 Å². The van der Waals surface area contributed by atoms with Crippen molar-refractivity contribution in [1.29, 1.82) is 0 Å². The molecule has 292 valence electrons. The highest BCUT2D eigenvalue weighted by Crippen LogP contribution is 2.20. The van der Waals surface area contributed by atoms with E-state index in [1.807, 2.05) is 82.3 Å². The van der Waals surface area contributed by atoms with Crippen LogP contribution in [-0.4, -0.2) is 83.7 Å². The number of aromatic nitrogens is 1. The molecule has 14 heteroatoms. The number of rotatable bonds is 11. The van der Waals surface area contributed by atoms with Gasteiger partial charge in [0.25, 0.3) is 0 Å². The van der Waals surface area contributed by atoms with Crippen molar-refractivity contribution in [3.05, 3.63) is 71.9 Å². The number of hydrogen-bond acceptors (Lipinski definition) is 7. The van der Waals surface area contributed by atoms with E-state index in [0.29, 0.717) is 12.8 Å². The first-order valence-corrected chi connectivity index (χ1v) is 18.9. The second kappa shape index (κ2) is 20.3. The van der Waals surface area contributed by atoms with Crippen molar-refractivity contribution < 1.29 is 28.8 Å². The third-order valence-electron chi connectivity index (χ3n) is 9.37. The van der Waals surface area contributed by atoms with E-state index in [1.54, 1.807) is 6.20 Å². The van der Waals surface area contributed by atoms with Gasteiger partial charge >= 0.3 is 0 Å². The highest BCUT2D eigenvalue weighted by molar-refractivity contribution is 5.96. The molecule has 54 heavy (non-hydrogen) atoms. The van der Waals surface area contributed by atoms with E-state index in [-0.39, 0.29) is 69.0 Å². The number of benzene rings is 2. The van der Waals surface area contributed by atoms with Crippen LogP contribution < -0.4 is 37.6 Å². The molecular weight excluding hydrogens is 688 g/mol. The van der Waals surface area contributed by atoms with Crippen molar-refractivity contribution in [3.63, 3.8) is 0 Å². The van der Waals surface area contributed by atoms with Crippen LogP contribution in [-0.2, 0) is 41.6 Å². The summed E-state index contributed by atoms with van der Waals surface area (Å²) in [6, 6.07) is 12.2. The van der Waals surface area contributed by atoms with Crippen LogP contribution in [0.15, 0.2) is 60.8 Å². The molecule has 3 aromatic rings. The Kier molecular flexibility index (Phi) is 15.6. The molecule has 1 saturated heterocycles. The third-order valence-corrected chi connectivity index (χ3v) is 9.37. The number of para-hydroxylation sites is 1. The quantitative estimate of drug-likeness (QED) is 0.145. The molecule has 4 rings (SSSR count). The van der Waals surface area contributed by atoms with Crippen LogP contribution in [0.2, 0.25) is 0 Å². The Labute approximate surface area is 316 Å². The number of amides is 6. The normalized spacial score (nSPS) is 22.7. The Morgan fingerprint density at radius 3 is 2.02 bits per heavy atom. The van der Waals surface area contributed by atoms with Crippen molar-refractivity contribution in [2.45, 2.75) is 103 Å². The van der Waals surface area contributed by atoms with Gasteiger partial charge in [-0.05, 0) is 48.3 Å². The predicted octanol–water partition coefficient (Wildman–Crippen LogP) is 1.73. The molecule has 9 N–H and O–H groups in total. The third kappa shape index (κ3) is 13.0. The fourth-order valence-corrected chi connectivity index (χ4v) is 6.68. The Hall–Kier alpha value is -5.24. The van der Waals surface area contributed by atoms with Gasteiger partial charge in [0.1, 0.15) is 18.1 Å². The number of primary amides is 1. The predicted molar refractivity (Wildman–Crippen MR) is 207 cm³/mol. The minimum atomic E-state index is -1.21. The molecule has 1 aromatic heterocycles. The number of aromatic amines is 1. The lowest BCUT2D eigenvalue weighted by molar-refractivity contribution is -0.134. The largest absolute Gasteiger partial charge is 0.370 e. The zero-order valence-corrected chi connectivity index (χ0v) is 31.7. The summed E-state index contributed by atoms with van der Waals surface area (Å²) >= 11 is 0. The van der Waals surface area contributed by atoms with E-state index < -0.39 is 53.7 Å². The van der Waals surface area contributed by atoms with Gasteiger partial charge in [0.15, 0.2) is 0 Å². The number of H-pyrrole nitrogens is 1. The van der Waals surface area contributed by atoms with E-state index in [0.717, 1.165) is 22.0 Å². The molecule has 1 aliphatic heterocycles. The molecule has 1 aliphatic rings. The first-order valence-electron chi connectivity index (χ1n) is 18.9. The molecule has 2 aromatic carbocycles. The van der Waals surface area contributed by atoms with Crippen LogP contribution in [0.1, 0.15) is 70.9 Å². The minimum Gasteiger partial charge on any atom is -0.370 e. The van der Waals surface area contributed by atoms with Gasteiger partial charge in [-0.1, -0.05) is 76.2 Å². The smallest absolute Gasteiger partial charge is 0.243 e. The monoisotopic (exact) mass is 744 g/mol. The van der Waals surface area contributed by atoms with Crippen LogP contribution >= 0.6 is 0 Å². The molecule has 0 radical (unpaired) electrons. The highest BCUT2D eigenvalue weighted by Gasteiger charge is 2.32. The summed E-state index contributed by atoms with van der Waals surface area (Å²) in [5, 5.41) is 18.5. The van der Waals surface area contributed by atoms with Gasteiger partial charge in [0.05, 0.1) is 6.04 Å². The average Bonchev–Trinajstić information content (AvgIpc) is 3.53. The summed E-state index contributed by atoms with van der Waals surface area (Å²) in [6.07, 6.45) is 2.73. The summed E-state index contributed by atoms with van der Waals surface area (Å²) < 4.78 is 0. The molecule has 1 fully saturated rings. The van der Waals surface area contributed by atoms with Gasteiger partial charge in [0, 0.05) is 61.9 Å². The summed E-state index contributed by atoms with van der Waals surface area (Å²) in [4.78, 5) is 84.2. The van der Waals surface area contributed by atoms with Crippen molar-refractivity contribution in [1.82, 2.24) is 36.9 Å². The molecule has 0 saturated carbocycles. The van der Waals surface area contributed by atoms with Crippen molar-refractivity contribution >= 4 is 46.3 Å². The summed E-state index contributed by atoms with van der Waals surface area (Å²) in [6.45, 7) is 8.33. The van der Waals surface area contributed by atoms with E-state index in [9.17, 15) is 28.8 Å². The summed E-state index contributed by atoms with van der Waals surface area (Å²) in [7, 11) is 0. The van der Waals surface area contributed by atoms with Crippen molar-refractivity contribution in [2.75, 3.05) is 13.1 Å². The Balaban J connectivity index is 1.72. The number of hydrogen-bond donors (Lipinski definition) is 8. The van der Waals surface area contributed by atoms with Gasteiger partial charge in [-0.25, -0.2) is 0 Å². The van der Waals surface area contributed by atoms with Crippen LogP contribution in [0, 0.1) is 11.8 Å². The molecule has 6 amide bonds. The second-order valence-corrected chi connectivity index (χ2v) is 15.0. The highest BCUT2D eigenvalue weighted by atomic mass is 16.2. The number of fused-ring (bicyclic) bond motifs is 1.